The van der Waals surface area contributed by atoms with Gasteiger partial charge in [-0.05, 0) is 51.6 Å². The minimum absolute atomic E-state index is 0.273. The van der Waals surface area contributed by atoms with E-state index in [0.29, 0.717) is 6.04 Å². The largest absolute Gasteiger partial charge is 0.478 e. The molecule has 0 unspecified atom stereocenters. The molecule has 0 bridgehead atoms. The lowest BCUT2D eigenvalue weighted by Gasteiger charge is -2.32. The van der Waals surface area contributed by atoms with Crippen LogP contribution in [0.25, 0.3) is 11.3 Å². The van der Waals surface area contributed by atoms with E-state index in [4.69, 9.17) is 5.11 Å². The Hall–Kier alpha value is -2.27. The van der Waals surface area contributed by atoms with Crippen molar-refractivity contribution < 1.29 is 9.90 Å². The molecule has 1 aromatic heterocycles. The Kier molecular flexibility index (Phi) is 4.39. The Balaban J connectivity index is 2.00. The Bertz CT molecular complexity index is 730. The molecule has 5 heteroatoms. The van der Waals surface area contributed by atoms with E-state index in [2.05, 4.69) is 21.9 Å². The fraction of sp³-hybridized carbons (Fsp3) is 0.389. The van der Waals surface area contributed by atoms with Crippen molar-refractivity contribution in [2.75, 3.05) is 13.6 Å². The van der Waals surface area contributed by atoms with Crippen molar-refractivity contribution in [2.24, 2.45) is 0 Å². The third-order valence-corrected chi connectivity index (χ3v) is 4.37. The van der Waals surface area contributed by atoms with Crippen molar-refractivity contribution >= 4 is 5.97 Å². The molecule has 2 aromatic rings. The van der Waals surface area contributed by atoms with Gasteiger partial charge >= 0.3 is 5.97 Å². The van der Waals surface area contributed by atoms with E-state index in [0.717, 1.165) is 35.7 Å². The standard InChI is InChI=1S/C18H21N3O2/c1-12-19-15(13-6-5-7-14(10-13)18(22)23)11-16(20-12)17-8-3-4-9-21(17)2/h5-7,10-11,17H,3-4,8-9H2,1-2H3,(H,22,23)/t17-/m0/s1. The predicted molar refractivity (Wildman–Crippen MR) is 88.4 cm³/mol. The lowest BCUT2D eigenvalue weighted by molar-refractivity contribution is 0.0697. The first kappa shape index (κ1) is 15.6. The number of carboxylic acids is 1. The molecular weight excluding hydrogens is 290 g/mol. The second-order valence-electron chi connectivity index (χ2n) is 6.10. The van der Waals surface area contributed by atoms with Gasteiger partial charge in [-0.3, -0.25) is 4.90 Å². The van der Waals surface area contributed by atoms with Crippen LogP contribution in [0.2, 0.25) is 0 Å². The van der Waals surface area contributed by atoms with Gasteiger partial charge in [0.2, 0.25) is 0 Å². The number of aromatic nitrogens is 2. The average molecular weight is 311 g/mol. The van der Waals surface area contributed by atoms with E-state index < -0.39 is 5.97 Å². The van der Waals surface area contributed by atoms with Crippen LogP contribution in [0.3, 0.4) is 0 Å². The van der Waals surface area contributed by atoms with Gasteiger partial charge in [0.15, 0.2) is 0 Å². The zero-order chi connectivity index (χ0) is 16.4. The minimum Gasteiger partial charge on any atom is -0.478 e. The molecule has 0 aliphatic carbocycles. The van der Waals surface area contributed by atoms with E-state index >= 15 is 0 Å². The smallest absolute Gasteiger partial charge is 0.335 e. The number of aryl methyl sites for hydroxylation is 1. The highest BCUT2D eigenvalue weighted by molar-refractivity contribution is 5.89. The van der Waals surface area contributed by atoms with Crippen molar-refractivity contribution in [2.45, 2.75) is 32.2 Å². The number of hydrogen-bond donors (Lipinski definition) is 1. The molecule has 1 atom stereocenters. The molecule has 1 saturated heterocycles. The number of carbonyl (C=O) groups is 1. The summed E-state index contributed by atoms with van der Waals surface area (Å²) >= 11 is 0. The summed E-state index contributed by atoms with van der Waals surface area (Å²) in [5.74, 6) is -0.206. The van der Waals surface area contributed by atoms with Gasteiger partial charge in [-0.25, -0.2) is 14.8 Å². The van der Waals surface area contributed by atoms with Crippen LogP contribution in [0.4, 0.5) is 0 Å². The molecule has 0 spiro atoms. The zero-order valence-corrected chi connectivity index (χ0v) is 13.5. The Morgan fingerprint density at radius 2 is 2.09 bits per heavy atom. The van der Waals surface area contributed by atoms with Gasteiger partial charge in [0.1, 0.15) is 5.82 Å². The molecule has 1 N–H and O–H groups in total. The van der Waals surface area contributed by atoms with E-state index in [1.54, 1.807) is 18.2 Å². The van der Waals surface area contributed by atoms with Crippen LogP contribution in [0, 0.1) is 6.92 Å². The summed E-state index contributed by atoms with van der Waals surface area (Å²) in [6, 6.07) is 9.21. The highest BCUT2D eigenvalue weighted by atomic mass is 16.4. The maximum atomic E-state index is 11.2. The summed E-state index contributed by atoms with van der Waals surface area (Å²) in [6.07, 6.45) is 3.54. The van der Waals surface area contributed by atoms with Crippen LogP contribution in [0.15, 0.2) is 30.3 Å². The first-order valence-corrected chi connectivity index (χ1v) is 7.94. The molecule has 1 aliphatic heterocycles. The topological polar surface area (TPSA) is 66.3 Å². The molecule has 3 rings (SSSR count). The van der Waals surface area contributed by atoms with Gasteiger partial charge in [0.25, 0.3) is 0 Å². The fourth-order valence-corrected chi connectivity index (χ4v) is 3.17. The van der Waals surface area contributed by atoms with Crippen LogP contribution >= 0.6 is 0 Å². The summed E-state index contributed by atoms with van der Waals surface area (Å²) in [6.45, 7) is 2.97. The number of hydrogen-bond acceptors (Lipinski definition) is 4. The molecule has 1 aromatic carbocycles. The third kappa shape index (κ3) is 3.40. The normalized spacial score (nSPS) is 18.8. The number of carboxylic acid groups (broad SMARTS) is 1. The fourth-order valence-electron chi connectivity index (χ4n) is 3.17. The highest BCUT2D eigenvalue weighted by Crippen LogP contribution is 2.30. The van der Waals surface area contributed by atoms with Crippen molar-refractivity contribution in [3.63, 3.8) is 0 Å². The molecule has 0 radical (unpaired) electrons. The monoisotopic (exact) mass is 311 g/mol. The second kappa shape index (κ2) is 6.46. The van der Waals surface area contributed by atoms with Gasteiger partial charge in [-0.15, -0.1) is 0 Å². The number of rotatable bonds is 3. The van der Waals surface area contributed by atoms with Crippen LogP contribution in [-0.2, 0) is 0 Å². The summed E-state index contributed by atoms with van der Waals surface area (Å²) in [7, 11) is 2.13. The van der Waals surface area contributed by atoms with E-state index in [9.17, 15) is 4.79 Å². The van der Waals surface area contributed by atoms with Gasteiger partial charge < -0.3 is 5.11 Å². The molecule has 0 saturated carbocycles. The number of aromatic carboxylic acids is 1. The molecule has 2 heterocycles. The van der Waals surface area contributed by atoms with Crippen molar-refractivity contribution in [3.05, 3.63) is 47.4 Å². The number of nitrogens with zero attached hydrogens (tertiary/aromatic N) is 3. The summed E-state index contributed by atoms with van der Waals surface area (Å²) < 4.78 is 0. The van der Waals surface area contributed by atoms with E-state index in [1.165, 1.54) is 12.8 Å². The van der Waals surface area contributed by atoms with Crippen LogP contribution in [-0.4, -0.2) is 39.5 Å². The van der Waals surface area contributed by atoms with Crippen molar-refractivity contribution in [1.82, 2.24) is 14.9 Å². The van der Waals surface area contributed by atoms with Gasteiger partial charge in [-0.2, -0.15) is 0 Å². The van der Waals surface area contributed by atoms with Crippen LogP contribution in [0.1, 0.15) is 47.2 Å². The van der Waals surface area contributed by atoms with E-state index in [-0.39, 0.29) is 5.56 Å². The zero-order valence-electron chi connectivity index (χ0n) is 13.5. The Morgan fingerprint density at radius 3 is 2.83 bits per heavy atom. The lowest BCUT2D eigenvalue weighted by Crippen LogP contribution is -2.30. The minimum atomic E-state index is -0.926. The summed E-state index contributed by atoms with van der Waals surface area (Å²) in [5.41, 5.74) is 2.90. The van der Waals surface area contributed by atoms with Crippen molar-refractivity contribution in [3.8, 4) is 11.3 Å². The van der Waals surface area contributed by atoms with Gasteiger partial charge in [0, 0.05) is 5.56 Å². The number of likely N-dealkylation sites (tertiary alicyclic amines) is 1. The quantitative estimate of drug-likeness (QED) is 0.942. The molecule has 0 amide bonds. The van der Waals surface area contributed by atoms with E-state index in [1.807, 2.05) is 19.1 Å². The summed E-state index contributed by atoms with van der Waals surface area (Å²) in [5, 5.41) is 9.16. The van der Waals surface area contributed by atoms with Gasteiger partial charge in [0.05, 0.1) is 23.0 Å². The maximum Gasteiger partial charge on any atom is 0.335 e. The molecule has 1 fully saturated rings. The van der Waals surface area contributed by atoms with Gasteiger partial charge in [-0.1, -0.05) is 18.6 Å². The second-order valence-corrected chi connectivity index (χ2v) is 6.10. The molecule has 120 valence electrons. The van der Waals surface area contributed by atoms with Crippen LogP contribution < -0.4 is 0 Å². The maximum absolute atomic E-state index is 11.2. The molecule has 1 aliphatic rings. The molecule has 23 heavy (non-hydrogen) atoms. The lowest BCUT2D eigenvalue weighted by atomic mass is 9.98. The summed E-state index contributed by atoms with van der Waals surface area (Å²) in [4.78, 5) is 22.6. The SMILES string of the molecule is Cc1nc(-c2cccc(C(=O)O)c2)cc([C@@H]2CCCCN2C)n1. The number of piperidine rings is 1. The predicted octanol–water partition coefficient (Wildman–Crippen LogP) is 3.31. The number of benzene rings is 1. The average Bonchev–Trinajstić information content (AvgIpc) is 2.55. The van der Waals surface area contributed by atoms with Crippen LogP contribution in [0.5, 0.6) is 0 Å². The first-order chi connectivity index (χ1) is 11.0. The third-order valence-electron chi connectivity index (χ3n) is 4.37. The highest BCUT2D eigenvalue weighted by Gasteiger charge is 2.23. The molecular formula is C18H21N3O2. The molecule has 5 nitrogen and oxygen atoms in total. The van der Waals surface area contributed by atoms with Crippen molar-refractivity contribution in [1.29, 1.82) is 0 Å². The first-order valence-electron chi connectivity index (χ1n) is 7.94. The Labute approximate surface area is 136 Å². The Morgan fingerprint density at radius 1 is 1.26 bits per heavy atom.